The van der Waals surface area contributed by atoms with Crippen LogP contribution in [0.3, 0.4) is 0 Å². The van der Waals surface area contributed by atoms with Gasteiger partial charge >= 0.3 is 0 Å². The summed E-state index contributed by atoms with van der Waals surface area (Å²) in [4.78, 5) is 10.1. The van der Waals surface area contributed by atoms with Crippen LogP contribution in [0, 0.1) is 0 Å². The first-order chi connectivity index (χ1) is 19.0. The molecule has 0 saturated heterocycles. The van der Waals surface area contributed by atoms with Gasteiger partial charge in [-0.1, -0.05) is 126 Å². The molecule has 0 aliphatic carbocycles. The Hall–Kier alpha value is -4.18. The number of hydrogen-bond acceptors (Lipinski definition) is 4. The second kappa shape index (κ2) is 11.9. The van der Waals surface area contributed by atoms with Crippen molar-refractivity contribution in [1.29, 1.82) is 0 Å². The average Bonchev–Trinajstić information content (AvgIpc) is 2.91. The van der Waals surface area contributed by atoms with Crippen molar-refractivity contribution in [1.82, 2.24) is 0 Å². The lowest BCUT2D eigenvalue weighted by Crippen LogP contribution is -2.12. The van der Waals surface area contributed by atoms with E-state index < -0.39 is 0 Å². The van der Waals surface area contributed by atoms with Crippen molar-refractivity contribution in [2.24, 2.45) is 9.98 Å². The van der Waals surface area contributed by atoms with Crippen LogP contribution in [-0.2, 0) is 10.8 Å². The van der Waals surface area contributed by atoms with Crippen LogP contribution in [0.2, 0.25) is 0 Å². The van der Waals surface area contributed by atoms with Gasteiger partial charge in [-0.05, 0) is 45.2 Å². The van der Waals surface area contributed by atoms with Crippen molar-refractivity contribution in [3.8, 4) is 11.5 Å². The van der Waals surface area contributed by atoms with E-state index in [0.29, 0.717) is 11.1 Å². The van der Waals surface area contributed by atoms with Crippen LogP contribution >= 0.6 is 0 Å². The van der Waals surface area contributed by atoms with Crippen molar-refractivity contribution in [3.63, 3.8) is 0 Å². The molecule has 4 heteroatoms. The fourth-order valence-corrected chi connectivity index (χ4v) is 4.86. The number of para-hydroxylation sites is 2. The molecule has 0 radical (unpaired) electrons. The normalized spacial score (nSPS) is 14.1. The molecule has 0 fully saturated rings. The first kappa shape index (κ1) is 28.8. The summed E-state index contributed by atoms with van der Waals surface area (Å²) in [5, 5.41) is 22.2. The van der Waals surface area contributed by atoms with Crippen molar-refractivity contribution in [3.05, 3.63) is 130 Å². The molecule has 4 aromatic carbocycles. The van der Waals surface area contributed by atoms with Gasteiger partial charge in [0.2, 0.25) is 0 Å². The highest BCUT2D eigenvalue weighted by molar-refractivity contribution is 5.85. The van der Waals surface area contributed by atoms with Crippen LogP contribution < -0.4 is 0 Å². The number of phenolic OH excluding ortho intramolecular Hbond substituents is 2. The first-order valence-corrected chi connectivity index (χ1v) is 13.8. The largest absolute Gasteiger partial charge is 0.507 e. The summed E-state index contributed by atoms with van der Waals surface area (Å²) in [6.45, 7) is 12.5. The lowest BCUT2D eigenvalue weighted by atomic mass is 9.85. The maximum absolute atomic E-state index is 11.1. The number of benzene rings is 4. The fraction of sp³-hybridized carbons (Fsp3) is 0.278. The molecule has 0 saturated carbocycles. The minimum Gasteiger partial charge on any atom is -0.507 e. The summed E-state index contributed by atoms with van der Waals surface area (Å²) in [5.41, 5.74) is 4.69. The lowest BCUT2D eigenvalue weighted by molar-refractivity contribution is 0.445. The fourth-order valence-electron chi connectivity index (χ4n) is 4.86. The molecule has 0 amide bonds. The second-order valence-corrected chi connectivity index (χ2v) is 12.3. The standard InChI is InChI=1S/C36H40N2O2/c1-35(2,3)29-21-13-19-27(33(29)39)23-37-31(25-15-9-7-10-16-25)32(26-17-11-8-12-18-26)38-24-28-20-14-22-30(34(28)40)36(4,5)6/h7-24,31-32,39-40H,1-6H3/t31-,32?/m1/s1. The van der Waals surface area contributed by atoms with Crippen LogP contribution in [0.5, 0.6) is 11.5 Å². The van der Waals surface area contributed by atoms with Crippen molar-refractivity contribution in [2.75, 3.05) is 0 Å². The SMILES string of the molecule is CC(C)(C)c1cccc(C=NC(c2ccccc2)[C@H](N=Cc2cccc(C(C)(C)C)c2O)c2ccccc2)c1O. The highest BCUT2D eigenvalue weighted by Gasteiger charge is 2.25. The van der Waals surface area contributed by atoms with E-state index in [1.165, 1.54) is 0 Å². The summed E-state index contributed by atoms with van der Waals surface area (Å²) >= 11 is 0. The van der Waals surface area contributed by atoms with E-state index >= 15 is 0 Å². The Kier molecular flexibility index (Phi) is 8.58. The molecule has 4 aromatic rings. The molecule has 0 aromatic heterocycles. The van der Waals surface area contributed by atoms with Gasteiger partial charge in [0.15, 0.2) is 0 Å². The molecule has 40 heavy (non-hydrogen) atoms. The summed E-state index contributed by atoms with van der Waals surface area (Å²) in [5.74, 6) is 0.489. The Labute approximate surface area is 238 Å². The van der Waals surface area contributed by atoms with E-state index in [2.05, 4.69) is 65.8 Å². The van der Waals surface area contributed by atoms with Crippen molar-refractivity contribution in [2.45, 2.75) is 64.5 Å². The predicted molar refractivity (Wildman–Crippen MR) is 167 cm³/mol. The van der Waals surface area contributed by atoms with Gasteiger partial charge in [0.05, 0.1) is 0 Å². The third kappa shape index (κ3) is 6.69. The molecule has 1 unspecified atom stereocenters. The zero-order valence-corrected chi connectivity index (χ0v) is 24.3. The van der Waals surface area contributed by atoms with Gasteiger partial charge in [0.25, 0.3) is 0 Å². The van der Waals surface area contributed by atoms with Gasteiger partial charge in [0, 0.05) is 23.6 Å². The van der Waals surface area contributed by atoms with Crippen LogP contribution in [0.25, 0.3) is 0 Å². The summed E-state index contributed by atoms with van der Waals surface area (Å²) in [6.07, 6.45) is 3.51. The predicted octanol–water partition coefficient (Wildman–Crippen LogP) is 8.71. The summed E-state index contributed by atoms with van der Waals surface area (Å²) < 4.78 is 0. The number of rotatable bonds is 7. The average molecular weight is 533 g/mol. The number of nitrogens with zero attached hydrogens (tertiary/aromatic N) is 2. The minimum absolute atomic E-state index is 0.201. The molecule has 0 heterocycles. The van der Waals surface area contributed by atoms with Gasteiger partial charge < -0.3 is 10.2 Å². The van der Waals surface area contributed by atoms with Crippen LogP contribution in [0.1, 0.15) is 87.0 Å². The molecular formula is C36H40N2O2. The van der Waals surface area contributed by atoms with Gasteiger partial charge in [-0.3, -0.25) is 9.98 Å². The highest BCUT2D eigenvalue weighted by atomic mass is 16.3. The maximum atomic E-state index is 11.1. The Morgan fingerprint density at radius 3 is 1.18 bits per heavy atom. The zero-order valence-electron chi connectivity index (χ0n) is 24.3. The zero-order chi connectivity index (χ0) is 28.9. The van der Waals surface area contributed by atoms with Gasteiger partial charge in [-0.25, -0.2) is 0 Å². The Morgan fingerprint density at radius 2 is 0.850 bits per heavy atom. The van der Waals surface area contributed by atoms with E-state index in [1.54, 1.807) is 12.4 Å². The van der Waals surface area contributed by atoms with Crippen molar-refractivity contribution >= 4 is 12.4 Å². The van der Waals surface area contributed by atoms with Gasteiger partial charge in [-0.2, -0.15) is 0 Å². The molecule has 2 atom stereocenters. The smallest absolute Gasteiger partial charge is 0.128 e. The molecular weight excluding hydrogens is 492 g/mol. The second-order valence-electron chi connectivity index (χ2n) is 12.3. The Morgan fingerprint density at radius 1 is 0.500 bits per heavy atom. The van der Waals surface area contributed by atoms with E-state index in [0.717, 1.165) is 22.3 Å². The number of aromatic hydroxyl groups is 2. The van der Waals surface area contributed by atoms with E-state index in [4.69, 9.17) is 9.98 Å². The molecule has 4 nitrogen and oxygen atoms in total. The van der Waals surface area contributed by atoms with Crippen LogP contribution in [0.15, 0.2) is 107 Å². The molecule has 4 rings (SSSR count). The lowest BCUT2D eigenvalue weighted by Gasteiger charge is -2.23. The monoisotopic (exact) mass is 532 g/mol. The van der Waals surface area contributed by atoms with E-state index in [9.17, 15) is 10.2 Å². The van der Waals surface area contributed by atoms with Gasteiger partial charge in [0.1, 0.15) is 23.6 Å². The molecule has 2 N–H and O–H groups in total. The number of phenols is 2. The maximum Gasteiger partial charge on any atom is 0.128 e. The quantitative estimate of drug-likeness (QED) is 0.234. The Bertz CT molecular complexity index is 1360. The molecule has 0 aliphatic heterocycles. The topological polar surface area (TPSA) is 65.2 Å². The highest BCUT2D eigenvalue weighted by Crippen LogP contribution is 2.38. The van der Waals surface area contributed by atoms with Crippen LogP contribution in [0.4, 0.5) is 0 Å². The Balaban J connectivity index is 1.83. The minimum atomic E-state index is -0.370. The van der Waals surface area contributed by atoms with Crippen LogP contribution in [-0.4, -0.2) is 22.6 Å². The van der Waals surface area contributed by atoms with Crippen molar-refractivity contribution < 1.29 is 10.2 Å². The van der Waals surface area contributed by atoms with Gasteiger partial charge in [-0.15, -0.1) is 0 Å². The third-order valence-electron chi connectivity index (χ3n) is 7.08. The molecule has 0 bridgehead atoms. The summed E-state index contributed by atoms with van der Waals surface area (Å²) in [6, 6.07) is 31.0. The molecule has 0 spiro atoms. The van der Waals surface area contributed by atoms with E-state index in [1.807, 2.05) is 72.8 Å². The summed E-state index contributed by atoms with van der Waals surface area (Å²) in [7, 11) is 0. The number of aliphatic imine (C=N–C) groups is 2. The first-order valence-electron chi connectivity index (χ1n) is 13.8. The number of hydrogen-bond donors (Lipinski definition) is 2. The van der Waals surface area contributed by atoms with E-state index in [-0.39, 0.29) is 34.4 Å². The molecule has 206 valence electrons. The third-order valence-corrected chi connectivity index (χ3v) is 7.08. The molecule has 0 aliphatic rings.